The summed E-state index contributed by atoms with van der Waals surface area (Å²) in [5.41, 5.74) is 0.759. The number of thioether (sulfide) groups is 1. The smallest absolute Gasteiger partial charge is 0.329 e. The van der Waals surface area contributed by atoms with Gasteiger partial charge < -0.3 is 10.2 Å². The second-order valence-electron chi connectivity index (χ2n) is 4.76. The lowest BCUT2D eigenvalue weighted by atomic mass is 10.1. The molecule has 0 saturated heterocycles. The van der Waals surface area contributed by atoms with E-state index < -0.39 is 11.2 Å². The fraction of sp³-hybridized carbons (Fsp3) is 0.143. The van der Waals surface area contributed by atoms with E-state index in [1.165, 1.54) is 18.8 Å². The maximum absolute atomic E-state index is 12.0. The Labute approximate surface area is 133 Å². The highest BCUT2D eigenvalue weighted by Gasteiger charge is 2.12. The fourth-order valence-electron chi connectivity index (χ4n) is 2.05. The minimum absolute atomic E-state index is 0.211. The van der Waals surface area contributed by atoms with E-state index in [0.717, 1.165) is 10.1 Å². The van der Waals surface area contributed by atoms with Crippen LogP contribution in [0.15, 0.2) is 50.2 Å². The van der Waals surface area contributed by atoms with Crippen molar-refractivity contribution in [2.24, 2.45) is 12.2 Å². The molecule has 1 aromatic carbocycles. The van der Waals surface area contributed by atoms with E-state index in [9.17, 15) is 9.59 Å². The van der Waals surface area contributed by atoms with E-state index in [4.69, 9.17) is 5.21 Å². The Morgan fingerprint density at radius 1 is 1.30 bits per heavy atom. The first-order chi connectivity index (χ1) is 11.1. The fourth-order valence-corrected chi connectivity index (χ4v) is 2.88. The molecule has 0 spiro atoms. The van der Waals surface area contributed by atoms with Crippen molar-refractivity contribution in [2.75, 3.05) is 5.75 Å². The van der Waals surface area contributed by atoms with Crippen molar-refractivity contribution in [3.05, 3.63) is 56.7 Å². The van der Waals surface area contributed by atoms with Crippen molar-refractivity contribution in [3.8, 4) is 0 Å². The molecule has 0 aliphatic heterocycles. The third-order valence-corrected chi connectivity index (χ3v) is 4.19. The average Bonchev–Trinajstić information content (AvgIpc) is 2.97. The SMILES string of the molecule is Cn1c(=O)[nH]c2nc(SC/C(=N/O)c3ccccc3)[nH]c2c1=O. The van der Waals surface area contributed by atoms with E-state index in [1.54, 1.807) is 0 Å². The minimum Gasteiger partial charge on any atom is -0.411 e. The second kappa shape index (κ2) is 6.13. The molecule has 2 heterocycles. The molecular weight excluding hydrogens is 318 g/mol. The molecule has 0 atom stereocenters. The van der Waals surface area contributed by atoms with Gasteiger partial charge in [-0.1, -0.05) is 47.2 Å². The Bertz CT molecular complexity index is 987. The van der Waals surface area contributed by atoms with Gasteiger partial charge in [-0.25, -0.2) is 9.78 Å². The zero-order valence-corrected chi connectivity index (χ0v) is 12.9. The Balaban J connectivity index is 1.87. The molecule has 9 heteroatoms. The first-order valence-corrected chi connectivity index (χ1v) is 7.67. The van der Waals surface area contributed by atoms with Gasteiger partial charge in [-0.05, 0) is 0 Å². The topological polar surface area (TPSA) is 116 Å². The highest BCUT2D eigenvalue weighted by Crippen LogP contribution is 2.17. The minimum atomic E-state index is -0.521. The zero-order valence-electron chi connectivity index (χ0n) is 12.1. The molecular formula is C14H13N5O3S. The summed E-state index contributed by atoms with van der Waals surface area (Å²) in [6.45, 7) is 0. The number of aromatic nitrogens is 4. The molecule has 3 rings (SSSR count). The molecule has 118 valence electrons. The van der Waals surface area contributed by atoms with Gasteiger partial charge in [0.05, 0.1) is 5.71 Å². The van der Waals surface area contributed by atoms with Crippen molar-refractivity contribution in [3.63, 3.8) is 0 Å². The summed E-state index contributed by atoms with van der Waals surface area (Å²) in [5.74, 6) is 0.352. The van der Waals surface area contributed by atoms with Gasteiger partial charge in [-0.3, -0.25) is 14.3 Å². The Hall–Kier alpha value is -2.81. The summed E-state index contributed by atoms with van der Waals surface area (Å²) in [5, 5.41) is 12.9. The zero-order chi connectivity index (χ0) is 16.4. The van der Waals surface area contributed by atoms with E-state index >= 15 is 0 Å². The van der Waals surface area contributed by atoms with Crippen LogP contribution in [-0.4, -0.2) is 36.2 Å². The molecule has 0 saturated carbocycles. The van der Waals surface area contributed by atoms with Crippen LogP contribution in [0.25, 0.3) is 11.2 Å². The van der Waals surface area contributed by atoms with Gasteiger partial charge in [-0.15, -0.1) is 0 Å². The van der Waals surface area contributed by atoms with Crippen LogP contribution in [0.3, 0.4) is 0 Å². The predicted molar refractivity (Wildman–Crippen MR) is 87.4 cm³/mol. The number of oxime groups is 1. The van der Waals surface area contributed by atoms with Gasteiger partial charge in [0.15, 0.2) is 16.3 Å². The lowest BCUT2D eigenvalue weighted by Gasteiger charge is -2.02. The molecule has 3 N–H and O–H groups in total. The maximum Gasteiger partial charge on any atom is 0.329 e. The van der Waals surface area contributed by atoms with Crippen LogP contribution >= 0.6 is 11.8 Å². The molecule has 23 heavy (non-hydrogen) atoms. The van der Waals surface area contributed by atoms with Gasteiger partial charge in [0.25, 0.3) is 5.56 Å². The number of hydrogen-bond donors (Lipinski definition) is 3. The molecule has 8 nitrogen and oxygen atoms in total. The van der Waals surface area contributed by atoms with E-state index in [-0.39, 0.29) is 11.2 Å². The monoisotopic (exact) mass is 331 g/mol. The van der Waals surface area contributed by atoms with Gasteiger partial charge in [0.1, 0.15) is 0 Å². The van der Waals surface area contributed by atoms with Crippen LogP contribution in [0, 0.1) is 0 Å². The number of hydrogen-bond acceptors (Lipinski definition) is 6. The number of fused-ring (bicyclic) bond motifs is 1. The number of nitrogens with one attached hydrogen (secondary N) is 2. The third-order valence-electron chi connectivity index (χ3n) is 3.30. The van der Waals surface area contributed by atoms with Gasteiger partial charge in [0, 0.05) is 18.4 Å². The number of rotatable bonds is 4. The molecule has 2 aromatic heterocycles. The number of nitrogens with zero attached hydrogens (tertiary/aromatic N) is 3. The van der Waals surface area contributed by atoms with E-state index in [1.807, 2.05) is 30.3 Å². The number of benzene rings is 1. The first-order valence-electron chi connectivity index (χ1n) is 6.68. The van der Waals surface area contributed by atoms with Crippen molar-refractivity contribution < 1.29 is 5.21 Å². The Morgan fingerprint density at radius 2 is 2.04 bits per heavy atom. The van der Waals surface area contributed by atoms with Crippen LogP contribution in [0.4, 0.5) is 0 Å². The summed E-state index contributed by atoms with van der Waals surface area (Å²) in [7, 11) is 1.39. The molecule has 0 radical (unpaired) electrons. The van der Waals surface area contributed by atoms with Crippen molar-refractivity contribution in [1.29, 1.82) is 0 Å². The quantitative estimate of drug-likeness (QED) is 0.284. The number of H-pyrrole nitrogens is 2. The lowest BCUT2D eigenvalue weighted by molar-refractivity contribution is 0.319. The molecule has 0 aliphatic rings. The number of imidazole rings is 1. The molecule has 0 amide bonds. The van der Waals surface area contributed by atoms with Gasteiger partial charge in [0.2, 0.25) is 0 Å². The van der Waals surface area contributed by atoms with Crippen LogP contribution in [0.2, 0.25) is 0 Å². The summed E-state index contributed by atoms with van der Waals surface area (Å²) >= 11 is 1.27. The van der Waals surface area contributed by atoms with Gasteiger partial charge >= 0.3 is 5.69 Å². The summed E-state index contributed by atoms with van der Waals surface area (Å²) in [6, 6.07) is 9.24. The van der Waals surface area contributed by atoms with Crippen LogP contribution in [-0.2, 0) is 7.05 Å². The highest BCUT2D eigenvalue weighted by molar-refractivity contribution is 7.99. The van der Waals surface area contributed by atoms with Crippen LogP contribution < -0.4 is 11.2 Å². The van der Waals surface area contributed by atoms with Gasteiger partial charge in [-0.2, -0.15) is 0 Å². The first kappa shape index (κ1) is 15.1. The van der Waals surface area contributed by atoms with Crippen molar-refractivity contribution >= 4 is 28.6 Å². The molecule has 0 unspecified atom stereocenters. The van der Waals surface area contributed by atoms with Crippen LogP contribution in [0.5, 0.6) is 0 Å². The molecule has 0 fully saturated rings. The van der Waals surface area contributed by atoms with E-state index in [2.05, 4.69) is 20.1 Å². The molecule has 0 aliphatic carbocycles. The van der Waals surface area contributed by atoms with E-state index in [0.29, 0.717) is 16.6 Å². The summed E-state index contributed by atoms with van der Waals surface area (Å²) in [4.78, 5) is 33.1. The van der Waals surface area contributed by atoms with Crippen molar-refractivity contribution in [1.82, 2.24) is 19.5 Å². The lowest BCUT2D eigenvalue weighted by Crippen LogP contribution is -2.32. The summed E-state index contributed by atoms with van der Waals surface area (Å²) < 4.78 is 0.972. The Morgan fingerprint density at radius 3 is 2.74 bits per heavy atom. The average molecular weight is 331 g/mol. The number of aromatic amines is 2. The third kappa shape index (κ3) is 2.90. The predicted octanol–water partition coefficient (Wildman–Crippen LogP) is 0.920. The maximum atomic E-state index is 12.0. The van der Waals surface area contributed by atoms with Crippen molar-refractivity contribution in [2.45, 2.75) is 5.16 Å². The largest absolute Gasteiger partial charge is 0.411 e. The normalized spacial score (nSPS) is 12.0. The molecule has 3 aromatic rings. The second-order valence-corrected chi connectivity index (χ2v) is 5.73. The summed E-state index contributed by atoms with van der Waals surface area (Å²) in [6.07, 6.45) is 0. The highest BCUT2D eigenvalue weighted by atomic mass is 32.2. The van der Waals surface area contributed by atoms with Crippen LogP contribution in [0.1, 0.15) is 5.56 Å². The standard InChI is InChI=1S/C14H13N5O3S/c1-19-12(20)10-11(17-14(19)21)16-13(15-10)23-7-9(18-22)8-5-3-2-4-6-8/h2-6,22H,7H2,1H3,(H,15,16)(H,17,21)/b18-9-. The Kier molecular flexibility index (Phi) is 4.02. The molecule has 0 bridgehead atoms.